The normalized spacial score (nSPS) is 18.3. The molecule has 2 heterocycles. The van der Waals surface area contributed by atoms with Crippen molar-refractivity contribution >= 4 is 11.9 Å². The average molecular weight is 523 g/mol. The van der Waals surface area contributed by atoms with Gasteiger partial charge in [0.15, 0.2) is 0 Å². The Morgan fingerprint density at radius 1 is 1.08 bits per heavy atom. The number of hydrogen-bond donors (Lipinski definition) is 2. The Morgan fingerprint density at radius 3 is 2.45 bits per heavy atom. The second kappa shape index (κ2) is 13.6. The number of allylic oxidation sites excluding steroid dienone is 1. The molecule has 4 rings (SSSR count). The zero-order valence-electron chi connectivity index (χ0n) is 23.2. The minimum Gasteiger partial charge on any atom is -0.497 e. The summed E-state index contributed by atoms with van der Waals surface area (Å²) in [6.45, 7) is 11.7. The van der Waals surface area contributed by atoms with Crippen LogP contribution in [0.5, 0.6) is 5.75 Å². The molecule has 1 amide bonds. The number of aryl methyl sites for hydroxylation is 2. The monoisotopic (exact) mass is 522 g/mol. The molecule has 206 valence electrons. The van der Waals surface area contributed by atoms with Gasteiger partial charge >= 0.3 is 0 Å². The molecule has 1 aliphatic heterocycles. The number of methoxy groups -OCH3 is 1. The minimum absolute atomic E-state index is 0.0969. The average Bonchev–Trinajstić information content (AvgIpc) is 2.95. The highest BCUT2D eigenvalue weighted by atomic mass is 16.7. The molecule has 1 fully saturated rings. The van der Waals surface area contributed by atoms with Crippen LogP contribution in [0.2, 0.25) is 0 Å². The lowest BCUT2D eigenvalue weighted by Gasteiger charge is -2.38. The van der Waals surface area contributed by atoms with Crippen molar-refractivity contribution in [3.8, 4) is 5.75 Å². The Hall–Kier alpha value is -3.17. The molecule has 1 aromatic heterocycles. The molecule has 0 radical (unpaired) electrons. The summed E-state index contributed by atoms with van der Waals surface area (Å²) >= 11 is 0. The van der Waals surface area contributed by atoms with Crippen LogP contribution in [0.4, 0.5) is 5.95 Å². The summed E-state index contributed by atoms with van der Waals surface area (Å²) in [4.78, 5) is 31.9. The van der Waals surface area contributed by atoms with Gasteiger partial charge in [0.25, 0.3) is 5.91 Å². The van der Waals surface area contributed by atoms with Crippen LogP contribution in [0.25, 0.3) is 0 Å². The highest BCUT2D eigenvalue weighted by Gasteiger charge is 2.22. The van der Waals surface area contributed by atoms with Gasteiger partial charge in [0.1, 0.15) is 5.75 Å². The molecule has 38 heavy (non-hydrogen) atoms. The molecule has 2 N–H and O–H groups in total. The number of hydrogen-bond acceptors (Lipinski definition) is 8. The summed E-state index contributed by atoms with van der Waals surface area (Å²) in [7, 11) is 1.60. The number of piperazine rings is 1. The molecule has 1 saturated heterocycles. The number of ether oxygens (including phenoxy) is 1. The van der Waals surface area contributed by atoms with Gasteiger partial charge in [-0.05, 0) is 81.8 Å². The van der Waals surface area contributed by atoms with Crippen molar-refractivity contribution in [1.82, 2.24) is 25.2 Å². The van der Waals surface area contributed by atoms with Crippen LogP contribution in [0.1, 0.15) is 61.5 Å². The first-order chi connectivity index (χ1) is 18.4. The number of anilines is 1. The summed E-state index contributed by atoms with van der Waals surface area (Å²) in [6.07, 6.45) is 10.8. The number of amides is 1. The van der Waals surface area contributed by atoms with Gasteiger partial charge in [-0.1, -0.05) is 13.0 Å². The van der Waals surface area contributed by atoms with Crippen LogP contribution in [-0.2, 0) is 17.7 Å². The molecular formula is C29H42N6O3. The predicted molar refractivity (Wildman–Crippen MR) is 149 cm³/mol. The number of benzene rings is 1. The number of hydroxylamine groups is 1. The Bertz CT molecular complexity index is 1080. The molecular weight excluding hydrogens is 480 g/mol. The maximum Gasteiger partial charge on any atom is 0.274 e. The maximum atomic E-state index is 12.4. The third-order valence-corrected chi connectivity index (χ3v) is 7.21. The summed E-state index contributed by atoms with van der Waals surface area (Å²) in [6, 6.07) is 5.89. The lowest BCUT2D eigenvalue weighted by molar-refractivity contribution is 0.000171. The van der Waals surface area contributed by atoms with Gasteiger partial charge in [0, 0.05) is 55.9 Å². The molecule has 1 unspecified atom stereocenters. The quantitative estimate of drug-likeness (QED) is 0.431. The Morgan fingerprint density at radius 2 is 1.82 bits per heavy atom. The predicted octanol–water partition coefficient (Wildman–Crippen LogP) is 3.83. The largest absolute Gasteiger partial charge is 0.497 e. The van der Waals surface area contributed by atoms with Gasteiger partial charge in [0.05, 0.1) is 13.2 Å². The molecule has 1 atom stereocenters. The van der Waals surface area contributed by atoms with Crippen LogP contribution in [-0.4, -0.2) is 77.7 Å². The highest BCUT2D eigenvalue weighted by Crippen LogP contribution is 2.24. The van der Waals surface area contributed by atoms with E-state index in [4.69, 9.17) is 9.57 Å². The Kier molecular flexibility index (Phi) is 9.95. The number of likely N-dealkylation sites (N-methyl/N-ethyl adjacent to an activating group) is 1. The lowest BCUT2D eigenvalue weighted by atomic mass is 9.98. The molecule has 9 nitrogen and oxygen atoms in total. The van der Waals surface area contributed by atoms with Crippen molar-refractivity contribution in [2.24, 2.45) is 0 Å². The van der Waals surface area contributed by atoms with Crippen molar-refractivity contribution in [3.63, 3.8) is 0 Å². The standard InChI is InChI=1S/C29H42N6O3/c1-5-34-12-14-35(15-13-34)26-10-8-25(9-11-26)32-29-30-19-23(20-31-29)7-6-22-16-24(18-27(17-22)37-4)28(36)33-38-21(2)3/h10,16-21,25H,5-9,11-15H2,1-4H3,(H,33,36)(H,30,31,32). The summed E-state index contributed by atoms with van der Waals surface area (Å²) in [5.74, 6) is 1.03. The molecule has 9 heteroatoms. The van der Waals surface area contributed by atoms with Gasteiger partial charge < -0.3 is 19.9 Å². The molecule has 2 aromatic rings. The molecule has 1 aliphatic carbocycles. The fourth-order valence-electron chi connectivity index (χ4n) is 4.90. The van der Waals surface area contributed by atoms with E-state index >= 15 is 0 Å². The molecule has 0 saturated carbocycles. The highest BCUT2D eigenvalue weighted by molar-refractivity contribution is 5.94. The van der Waals surface area contributed by atoms with Gasteiger partial charge in [-0.15, -0.1) is 0 Å². The van der Waals surface area contributed by atoms with E-state index in [1.54, 1.807) is 13.2 Å². The number of aromatic nitrogens is 2. The van der Waals surface area contributed by atoms with Crippen LogP contribution in [0.15, 0.2) is 42.4 Å². The van der Waals surface area contributed by atoms with E-state index in [1.165, 1.54) is 5.70 Å². The van der Waals surface area contributed by atoms with E-state index < -0.39 is 0 Å². The second-order valence-corrected chi connectivity index (χ2v) is 10.3. The second-order valence-electron chi connectivity index (χ2n) is 10.3. The zero-order valence-corrected chi connectivity index (χ0v) is 23.2. The third kappa shape index (κ3) is 7.91. The van der Waals surface area contributed by atoms with Crippen molar-refractivity contribution in [2.75, 3.05) is 45.2 Å². The molecule has 1 aromatic carbocycles. The van der Waals surface area contributed by atoms with Gasteiger partial charge in [-0.25, -0.2) is 15.4 Å². The first-order valence-corrected chi connectivity index (χ1v) is 13.8. The smallest absolute Gasteiger partial charge is 0.274 e. The van der Waals surface area contributed by atoms with Crippen molar-refractivity contribution in [2.45, 2.75) is 65.0 Å². The van der Waals surface area contributed by atoms with Gasteiger partial charge in [-0.3, -0.25) is 9.63 Å². The number of rotatable bonds is 11. The van der Waals surface area contributed by atoms with Crippen molar-refractivity contribution < 1.29 is 14.4 Å². The van der Waals surface area contributed by atoms with E-state index in [0.29, 0.717) is 23.3 Å². The van der Waals surface area contributed by atoms with Crippen LogP contribution in [0, 0.1) is 0 Å². The minimum atomic E-state index is -0.290. The van der Waals surface area contributed by atoms with Crippen molar-refractivity contribution in [1.29, 1.82) is 0 Å². The fourth-order valence-corrected chi connectivity index (χ4v) is 4.90. The van der Waals surface area contributed by atoms with E-state index in [-0.39, 0.29) is 12.0 Å². The van der Waals surface area contributed by atoms with E-state index in [0.717, 1.165) is 76.0 Å². The molecule has 2 aliphatic rings. The Balaban J connectivity index is 1.27. The topological polar surface area (TPSA) is 91.8 Å². The maximum absolute atomic E-state index is 12.4. The number of nitrogens with one attached hydrogen (secondary N) is 2. The number of carbonyl (C=O) groups excluding carboxylic acids is 1. The Labute approximate surface area is 226 Å². The summed E-state index contributed by atoms with van der Waals surface area (Å²) in [5.41, 5.74) is 6.54. The summed E-state index contributed by atoms with van der Waals surface area (Å²) in [5, 5.41) is 3.51. The van der Waals surface area contributed by atoms with E-state index in [9.17, 15) is 4.79 Å². The van der Waals surface area contributed by atoms with Crippen LogP contribution < -0.4 is 15.5 Å². The molecule has 0 bridgehead atoms. The lowest BCUT2D eigenvalue weighted by Crippen LogP contribution is -2.46. The van der Waals surface area contributed by atoms with Gasteiger partial charge in [0.2, 0.25) is 5.95 Å². The summed E-state index contributed by atoms with van der Waals surface area (Å²) < 4.78 is 5.40. The van der Waals surface area contributed by atoms with E-state index in [1.807, 2.05) is 38.4 Å². The van der Waals surface area contributed by atoms with Crippen LogP contribution in [0.3, 0.4) is 0 Å². The van der Waals surface area contributed by atoms with Crippen LogP contribution >= 0.6 is 0 Å². The first kappa shape index (κ1) is 27.9. The van der Waals surface area contributed by atoms with Gasteiger partial charge in [-0.2, -0.15) is 0 Å². The number of carbonyl (C=O) groups is 1. The fraction of sp³-hybridized carbons (Fsp3) is 0.552. The first-order valence-electron chi connectivity index (χ1n) is 13.8. The van der Waals surface area contributed by atoms with E-state index in [2.05, 4.69) is 43.6 Å². The third-order valence-electron chi connectivity index (χ3n) is 7.21. The SMILES string of the molecule is CCN1CCN(C2=CCC(Nc3ncc(CCc4cc(OC)cc(C(=O)NOC(C)C)c4)cn3)CC2)CC1. The van der Waals surface area contributed by atoms with Crippen molar-refractivity contribution in [3.05, 3.63) is 59.1 Å². The number of nitrogens with zero attached hydrogens (tertiary/aromatic N) is 4. The zero-order chi connectivity index (χ0) is 26.9. The molecule has 0 spiro atoms.